The highest BCUT2D eigenvalue weighted by molar-refractivity contribution is 5.97. The first-order valence-corrected chi connectivity index (χ1v) is 18.7. The van der Waals surface area contributed by atoms with Crippen molar-refractivity contribution in [3.8, 4) is 33.4 Å². The summed E-state index contributed by atoms with van der Waals surface area (Å²) in [6, 6.07) is 70.2. The van der Waals surface area contributed by atoms with E-state index in [0.717, 1.165) is 22.5 Å². The molecule has 2 heteroatoms. The third-order valence-corrected chi connectivity index (χ3v) is 10.4. The fourth-order valence-electron chi connectivity index (χ4n) is 7.65. The number of hydrogen-bond donors (Lipinski definition) is 0. The Morgan fingerprint density at radius 3 is 1.06 bits per heavy atom. The van der Waals surface area contributed by atoms with Gasteiger partial charge < -0.3 is 9.80 Å². The zero-order chi connectivity index (χ0) is 37.0. The molecule has 0 spiro atoms. The van der Waals surface area contributed by atoms with Gasteiger partial charge in [0.05, 0.1) is 0 Å². The molecule has 0 heterocycles. The zero-order valence-electron chi connectivity index (χ0n) is 31.4. The Morgan fingerprint density at radius 2 is 0.611 bits per heavy atom. The molecule has 0 fully saturated rings. The minimum Gasteiger partial charge on any atom is -0.310 e. The Morgan fingerprint density at radius 1 is 0.278 bits per heavy atom. The molecule has 0 aliphatic rings. The van der Waals surface area contributed by atoms with Gasteiger partial charge in [0.15, 0.2) is 0 Å². The molecule has 54 heavy (non-hydrogen) atoms. The first-order chi connectivity index (χ1) is 26.5. The van der Waals surface area contributed by atoms with E-state index in [1.165, 1.54) is 67.3 Å². The second kappa shape index (κ2) is 15.1. The van der Waals surface area contributed by atoms with Crippen molar-refractivity contribution in [1.82, 2.24) is 0 Å². The summed E-state index contributed by atoms with van der Waals surface area (Å²) in [6.45, 7) is 8.76. The summed E-state index contributed by atoms with van der Waals surface area (Å²) in [5, 5.41) is 0. The third-order valence-electron chi connectivity index (χ3n) is 10.4. The topological polar surface area (TPSA) is 6.48 Å². The van der Waals surface area contributed by atoms with Crippen molar-refractivity contribution >= 4 is 34.1 Å². The molecule has 0 saturated carbocycles. The van der Waals surface area contributed by atoms with Gasteiger partial charge in [0.2, 0.25) is 0 Å². The molecule has 0 aromatic heterocycles. The number of hydrogen-bond acceptors (Lipinski definition) is 2. The highest BCUT2D eigenvalue weighted by Crippen LogP contribution is 2.46. The van der Waals surface area contributed by atoms with Gasteiger partial charge in [-0.2, -0.15) is 0 Å². The van der Waals surface area contributed by atoms with Crippen molar-refractivity contribution < 1.29 is 0 Å². The van der Waals surface area contributed by atoms with E-state index in [2.05, 4.69) is 232 Å². The van der Waals surface area contributed by atoms with Crippen LogP contribution in [0.3, 0.4) is 0 Å². The van der Waals surface area contributed by atoms with E-state index in [9.17, 15) is 0 Å². The highest BCUT2D eigenvalue weighted by Gasteiger charge is 2.21. The third kappa shape index (κ3) is 6.71. The molecule has 8 aromatic carbocycles. The predicted molar refractivity (Wildman–Crippen MR) is 231 cm³/mol. The minimum atomic E-state index is 1.11. The van der Waals surface area contributed by atoms with Crippen LogP contribution in [0.25, 0.3) is 33.4 Å². The van der Waals surface area contributed by atoms with Gasteiger partial charge in [-0.15, -0.1) is 0 Å². The molecule has 0 bridgehead atoms. The largest absolute Gasteiger partial charge is 0.310 e. The Labute approximate surface area is 320 Å². The molecule has 2 nitrogen and oxygen atoms in total. The lowest BCUT2D eigenvalue weighted by Crippen LogP contribution is -2.12. The van der Waals surface area contributed by atoms with Crippen molar-refractivity contribution in [3.05, 3.63) is 216 Å². The second-order valence-electron chi connectivity index (χ2n) is 14.0. The molecule has 0 unspecified atom stereocenters. The van der Waals surface area contributed by atoms with Gasteiger partial charge in [0.1, 0.15) is 0 Å². The fourth-order valence-corrected chi connectivity index (χ4v) is 7.65. The van der Waals surface area contributed by atoms with Crippen LogP contribution in [0.2, 0.25) is 0 Å². The number of benzene rings is 8. The number of para-hydroxylation sites is 4. The summed E-state index contributed by atoms with van der Waals surface area (Å²) in [5.74, 6) is 0. The maximum Gasteiger partial charge on any atom is 0.0490 e. The minimum absolute atomic E-state index is 1.11. The van der Waals surface area contributed by atoms with Crippen molar-refractivity contribution in [2.75, 3.05) is 9.80 Å². The van der Waals surface area contributed by atoms with Crippen LogP contribution in [-0.4, -0.2) is 0 Å². The van der Waals surface area contributed by atoms with Crippen LogP contribution in [0.15, 0.2) is 194 Å². The molecule has 0 N–H and O–H groups in total. The van der Waals surface area contributed by atoms with Gasteiger partial charge in [0.25, 0.3) is 0 Å². The lowest BCUT2D eigenvalue weighted by molar-refractivity contribution is 1.22. The zero-order valence-corrected chi connectivity index (χ0v) is 31.4. The van der Waals surface area contributed by atoms with Crippen molar-refractivity contribution in [3.63, 3.8) is 0 Å². The van der Waals surface area contributed by atoms with Crippen molar-refractivity contribution in [2.24, 2.45) is 0 Å². The first-order valence-electron chi connectivity index (χ1n) is 18.7. The molecule has 0 radical (unpaired) electrons. The fraction of sp³-hybridized carbons (Fsp3) is 0.0769. The van der Waals surface area contributed by atoms with Gasteiger partial charge in [0, 0.05) is 34.1 Å². The summed E-state index contributed by atoms with van der Waals surface area (Å²) in [6.07, 6.45) is 0. The van der Waals surface area contributed by atoms with Crippen LogP contribution in [0, 0.1) is 27.7 Å². The van der Waals surface area contributed by atoms with E-state index in [0.29, 0.717) is 0 Å². The maximum absolute atomic E-state index is 2.40. The number of aryl methyl sites for hydroxylation is 4. The summed E-state index contributed by atoms with van der Waals surface area (Å²) >= 11 is 0. The molecule has 8 aromatic rings. The summed E-state index contributed by atoms with van der Waals surface area (Å²) < 4.78 is 0. The molecule has 0 saturated heterocycles. The van der Waals surface area contributed by atoms with Gasteiger partial charge in [-0.25, -0.2) is 0 Å². The lowest BCUT2D eigenvalue weighted by atomic mass is 9.87. The lowest BCUT2D eigenvalue weighted by Gasteiger charge is -2.29. The summed E-state index contributed by atoms with van der Waals surface area (Å²) in [7, 11) is 0. The van der Waals surface area contributed by atoms with Gasteiger partial charge in [-0.3, -0.25) is 0 Å². The van der Waals surface area contributed by atoms with Crippen molar-refractivity contribution in [1.29, 1.82) is 0 Å². The van der Waals surface area contributed by atoms with E-state index in [-0.39, 0.29) is 0 Å². The SMILES string of the molecule is Cc1ccccc1N(c1cccc(-c2cccc(-c3ccccc3)c2-c2cccc(N(c3ccccc3C)c3ccccc3C)c2)c1)c1ccccc1C. The number of rotatable bonds is 9. The van der Waals surface area contributed by atoms with E-state index in [4.69, 9.17) is 0 Å². The van der Waals surface area contributed by atoms with Gasteiger partial charge in [-0.1, -0.05) is 146 Å². The molecule has 8 rings (SSSR count). The Bertz CT molecular complexity index is 2480. The highest BCUT2D eigenvalue weighted by atomic mass is 15.2. The Kier molecular flexibility index (Phi) is 9.66. The van der Waals surface area contributed by atoms with Crippen LogP contribution < -0.4 is 9.80 Å². The Balaban J connectivity index is 1.34. The molecule has 0 aliphatic heterocycles. The van der Waals surface area contributed by atoms with Crippen LogP contribution in [0.5, 0.6) is 0 Å². The van der Waals surface area contributed by atoms with E-state index in [1.54, 1.807) is 0 Å². The van der Waals surface area contributed by atoms with Gasteiger partial charge in [-0.05, 0) is 132 Å². The average Bonchev–Trinajstić information content (AvgIpc) is 3.21. The second-order valence-corrected chi connectivity index (χ2v) is 14.0. The first kappa shape index (κ1) is 34.4. The van der Waals surface area contributed by atoms with Crippen LogP contribution >= 0.6 is 0 Å². The molecule has 0 aliphatic carbocycles. The molecule has 262 valence electrons. The predicted octanol–water partition coefficient (Wildman–Crippen LogP) is 14.9. The standard InChI is InChI=1S/C52H44N2/c1-37-19-8-12-31-48(37)53(49-32-13-9-20-38(49)2)44-27-16-25-42(35-44)47-30-18-29-46(41-23-6-5-7-24-41)52(47)43-26-17-28-45(36-43)54(50-33-14-10-21-39(50)3)51-34-15-11-22-40(51)4/h5-36H,1-4H3. The number of anilines is 6. The van der Waals surface area contributed by atoms with Crippen LogP contribution in [0.1, 0.15) is 22.3 Å². The quantitative estimate of drug-likeness (QED) is 0.148. The normalized spacial score (nSPS) is 11.0. The molecular formula is C52H44N2. The monoisotopic (exact) mass is 696 g/mol. The van der Waals surface area contributed by atoms with E-state index in [1.807, 2.05) is 0 Å². The van der Waals surface area contributed by atoms with E-state index >= 15 is 0 Å². The number of nitrogens with zero attached hydrogens (tertiary/aromatic N) is 2. The Hall–Kier alpha value is -6.64. The van der Waals surface area contributed by atoms with Crippen LogP contribution in [0.4, 0.5) is 34.1 Å². The van der Waals surface area contributed by atoms with Crippen molar-refractivity contribution in [2.45, 2.75) is 27.7 Å². The van der Waals surface area contributed by atoms with Crippen LogP contribution in [-0.2, 0) is 0 Å². The molecular weight excluding hydrogens is 653 g/mol. The maximum atomic E-state index is 2.40. The molecule has 0 amide bonds. The summed E-state index contributed by atoms with van der Waals surface area (Å²) in [5.41, 5.74) is 18.9. The van der Waals surface area contributed by atoms with E-state index < -0.39 is 0 Å². The van der Waals surface area contributed by atoms with Gasteiger partial charge >= 0.3 is 0 Å². The summed E-state index contributed by atoms with van der Waals surface area (Å²) in [4.78, 5) is 4.81. The smallest absolute Gasteiger partial charge is 0.0490 e. The molecule has 0 atom stereocenters. The average molecular weight is 697 g/mol.